The first-order valence-electron chi connectivity index (χ1n) is 6.91. The Hall–Kier alpha value is -0.240. The van der Waals surface area contributed by atoms with Crippen LogP contribution in [0.5, 0.6) is 0 Å². The Morgan fingerprint density at radius 1 is 1.29 bits per heavy atom. The molecule has 0 bridgehead atoms. The zero-order valence-corrected chi connectivity index (χ0v) is 12.0. The van der Waals surface area contributed by atoms with Gasteiger partial charge in [0.25, 0.3) is 0 Å². The van der Waals surface area contributed by atoms with Crippen LogP contribution in [0.25, 0.3) is 0 Å². The molecule has 0 aliphatic heterocycles. The van der Waals surface area contributed by atoms with E-state index in [2.05, 4.69) is 19.2 Å². The van der Waals surface area contributed by atoms with E-state index in [0.29, 0.717) is 0 Å². The number of halogens is 1. The van der Waals surface area contributed by atoms with Gasteiger partial charge in [0.15, 0.2) is 0 Å². The average molecular weight is 260 g/mol. The van der Waals surface area contributed by atoms with E-state index in [1.54, 1.807) is 0 Å². The Bertz CT molecular complexity index is 240. The van der Waals surface area contributed by atoms with Gasteiger partial charge in [-0.3, -0.25) is 4.79 Å². The number of carbonyl (C=O) groups is 1. The van der Waals surface area contributed by atoms with Crippen molar-refractivity contribution >= 4 is 17.5 Å². The summed E-state index contributed by atoms with van der Waals surface area (Å²) in [5.41, 5.74) is 0.179. The van der Waals surface area contributed by atoms with E-state index < -0.39 is 0 Å². The molecule has 1 N–H and O–H groups in total. The van der Waals surface area contributed by atoms with E-state index in [1.165, 1.54) is 19.3 Å². The Balaban J connectivity index is 2.26. The molecule has 1 atom stereocenters. The predicted molar refractivity (Wildman–Crippen MR) is 73.3 cm³/mol. The van der Waals surface area contributed by atoms with Crippen molar-refractivity contribution < 1.29 is 4.79 Å². The van der Waals surface area contributed by atoms with Crippen molar-refractivity contribution in [3.8, 4) is 0 Å². The van der Waals surface area contributed by atoms with Gasteiger partial charge in [-0.2, -0.15) is 0 Å². The third-order valence-electron chi connectivity index (χ3n) is 3.93. The number of hydrogen-bond donors (Lipinski definition) is 1. The maximum absolute atomic E-state index is 12.1. The normalized spacial score (nSPS) is 23.4. The van der Waals surface area contributed by atoms with Gasteiger partial charge in [-0.05, 0) is 31.1 Å². The number of hydrogen-bond acceptors (Lipinski definition) is 1. The maximum atomic E-state index is 12.1. The monoisotopic (exact) mass is 259 g/mol. The molecule has 0 heterocycles. The highest BCUT2D eigenvalue weighted by Gasteiger charge is 2.36. The lowest BCUT2D eigenvalue weighted by molar-refractivity contribution is -0.130. The summed E-state index contributed by atoms with van der Waals surface area (Å²) in [5.74, 6) is 1.20. The number of unbranched alkanes of at least 4 members (excludes halogenated alkanes) is 2. The predicted octanol–water partition coefficient (Wildman–Crippen LogP) is 3.73. The summed E-state index contributed by atoms with van der Waals surface area (Å²) >= 11 is 5.61. The fourth-order valence-corrected chi connectivity index (χ4v) is 2.90. The fraction of sp³-hybridized carbons (Fsp3) is 0.929. The molecular formula is C14H26ClNO. The molecular weight excluding hydrogens is 234 g/mol. The van der Waals surface area contributed by atoms with Crippen LogP contribution in [0.3, 0.4) is 0 Å². The van der Waals surface area contributed by atoms with E-state index in [-0.39, 0.29) is 17.2 Å². The van der Waals surface area contributed by atoms with Gasteiger partial charge in [0.05, 0.1) is 0 Å². The van der Waals surface area contributed by atoms with Crippen LogP contribution in [0.2, 0.25) is 0 Å². The molecule has 0 aromatic rings. The molecule has 1 aliphatic carbocycles. The first kappa shape index (κ1) is 14.8. The van der Waals surface area contributed by atoms with E-state index in [1.807, 2.05) is 0 Å². The summed E-state index contributed by atoms with van der Waals surface area (Å²) in [6, 6.07) is 0. The van der Waals surface area contributed by atoms with Crippen molar-refractivity contribution in [3.63, 3.8) is 0 Å². The summed E-state index contributed by atoms with van der Waals surface area (Å²) < 4.78 is 0. The van der Waals surface area contributed by atoms with Crippen molar-refractivity contribution in [2.75, 3.05) is 12.4 Å². The van der Waals surface area contributed by atoms with Crippen LogP contribution in [-0.4, -0.2) is 18.3 Å². The van der Waals surface area contributed by atoms with E-state index in [0.717, 1.165) is 38.1 Å². The first-order chi connectivity index (χ1) is 8.08. The third kappa shape index (κ3) is 4.87. The third-order valence-corrected chi connectivity index (χ3v) is 4.20. The largest absolute Gasteiger partial charge is 0.356 e. The summed E-state index contributed by atoms with van der Waals surface area (Å²) in [6.45, 7) is 5.26. The molecule has 3 heteroatoms. The van der Waals surface area contributed by atoms with Crippen molar-refractivity contribution in [2.45, 2.75) is 58.8 Å². The molecule has 2 nitrogen and oxygen atoms in total. The molecule has 1 amide bonds. The average Bonchev–Trinajstić information content (AvgIpc) is 2.28. The topological polar surface area (TPSA) is 29.1 Å². The Morgan fingerprint density at radius 2 is 2.06 bits per heavy atom. The lowest BCUT2D eigenvalue weighted by Crippen LogP contribution is -2.41. The van der Waals surface area contributed by atoms with E-state index in [4.69, 9.17) is 11.6 Å². The molecule has 0 aromatic carbocycles. The second-order valence-electron chi connectivity index (χ2n) is 5.83. The number of rotatable bonds is 6. The van der Waals surface area contributed by atoms with Crippen LogP contribution >= 0.6 is 11.6 Å². The Kier molecular flexibility index (Phi) is 6.32. The van der Waals surface area contributed by atoms with Crippen LogP contribution in [0.15, 0.2) is 0 Å². The SMILES string of the molecule is CC1(C)CCCCC1C(=O)NCCCCCCl. The molecule has 0 aromatic heterocycles. The number of carbonyl (C=O) groups excluding carboxylic acids is 1. The number of amides is 1. The van der Waals surface area contributed by atoms with Gasteiger partial charge >= 0.3 is 0 Å². The van der Waals surface area contributed by atoms with Gasteiger partial charge in [0.2, 0.25) is 5.91 Å². The van der Waals surface area contributed by atoms with Crippen molar-refractivity contribution in [3.05, 3.63) is 0 Å². The van der Waals surface area contributed by atoms with Gasteiger partial charge in [0.1, 0.15) is 0 Å². The molecule has 0 spiro atoms. The smallest absolute Gasteiger partial charge is 0.223 e. The summed E-state index contributed by atoms with van der Waals surface area (Å²) in [4.78, 5) is 12.1. The van der Waals surface area contributed by atoms with Crippen molar-refractivity contribution in [1.29, 1.82) is 0 Å². The number of nitrogens with one attached hydrogen (secondary N) is 1. The standard InChI is InChI=1S/C14H26ClNO/c1-14(2)9-5-4-8-12(14)13(17)16-11-7-3-6-10-15/h12H,3-11H2,1-2H3,(H,16,17). The molecule has 0 radical (unpaired) electrons. The minimum Gasteiger partial charge on any atom is -0.356 e. The van der Waals surface area contributed by atoms with Gasteiger partial charge in [-0.1, -0.05) is 33.1 Å². The van der Waals surface area contributed by atoms with Crippen LogP contribution < -0.4 is 5.32 Å². The second kappa shape index (κ2) is 7.25. The quantitative estimate of drug-likeness (QED) is 0.572. The molecule has 1 fully saturated rings. The maximum Gasteiger partial charge on any atom is 0.223 e. The Morgan fingerprint density at radius 3 is 2.71 bits per heavy atom. The van der Waals surface area contributed by atoms with Gasteiger partial charge < -0.3 is 5.32 Å². The summed E-state index contributed by atoms with van der Waals surface area (Å²) in [5, 5.41) is 3.08. The van der Waals surface area contributed by atoms with E-state index >= 15 is 0 Å². The van der Waals surface area contributed by atoms with Crippen LogP contribution in [-0.2, 0) is 4.79 Å². The summed E-state index contributed by atoms with van der Waals surface area (Å²) in [7, 11) is 0. The highest BCUT2D eigenvalue weighted by atomic mass is 35.5. The lowest BCUT2D eigenvalue weighted by Gasteiger charge is -2.37. The fourth-order valence-electron chi connectivity index (χ4n) is 2.71. The molecule has 1 rings (SSSR count). The zero-order chi connectivity index (χ0) is 12.7. The van der Waals surface area contributed by atoms with Crippen molar-refractivity contribution in [2.24, 2.45) is 11.3 Å². The van der Waals surface area contributed by atoms with Gasteiger partial charge in [0, 0.05) is 18.3 Å². The number of alkyl halides is 1. The minimum absolute atomic E-state index is 0.179. The zero-order valence-electron chi connectivity index (χ0n) is 11.2. The minimum atomic E-state index is 0.179. The summed E-state index contributed by atoms with van der Waals surface area (Å²) in [6.07, 6.45) is 7.91. The van der Waals surface area contributed by atoms with Gasteiger partial charge in [-0.15, -0.1) is 11.6 Å². The molecule has 17 heavy (non-hydrogen) atoms. The van der Waals surface area contributed by atoms with Crippen LogP contribution in [0.1, 0.15) is 58.8 Å². The molecule has 100 valence electrons. The molecule has 1 aliphatic rings. The lowest BCUT2D eigenvalue weighted by atomic mass is 9.68. The molecule has 1 saturated carbocycles. The molecule has 0 saturated heterocycles. The second-order valence-corrected chi connectivity index (χ2v) is 6.21. The molecule has 1 unspecified atom stereocenters. The van der Waals surface area contributed by atoms with E-state index in [9.17, 15) is 4.79 Å². The van der Waals surface area contributed by atoms with Crippen LogP contribution in [0, 0.1) is 11.3 Å². The van der Waals surface area contributed by atoms with Gasteiger partial charge in [-0.25, -0.2) is 0 Å². The van der Waals surface area contributed by atoms with Crippen molar-refractivity contribution in [1.82, 2.24) is 5.32 Å². The highest BCUT2D eigenvalue weighted by molar-refractivity contribution is 6.17. The highest BCUT2D eigenvalue weighted by Crippen LogP contribution is 2.40. The Labute approximate surface area is 110 Å². The van der Waals surface area contributed by atoms with Crippen LogP contribution in [0.4, 0.5) is 0 Å². The first-order valence-corrected chi connectivity index (χ1v) is 7.45.